The molecule has 0 amide bonds. The smallest absolute Gasteiger partial charge is 0.0715 e. The molecule has 6 aromatic carbocycles. The predicted octanol–water partition coefficient (Wildman–Crippen LogP) is 11.7. The largest absolute Gasteiger partial charge is 0.313 e. The van der Waals surface area contributed by atoms with Gasteiger partial charge in [-0.2, -0.15) is 0 Å². The van der Waals surface area contributed by atoms with Crippen LogP contribution in [0.3, 0.4) is 0 Å². The maximum Gasteiger partial charge on any atom is 0.0715 e. The summed E-state index contributed by atoms with van der Waals surface area (Å²) in [6.07, 6.45) is 1.98. The van der Waals surface area contributed by atoms with E-state index in [-0.39, 0.29) is 0 Å². The Morgan fingerprint density at radius 1 is 0.400 bits per heavy atom. The first-order valence-corrected chi connectivity index (χ1v) is 17.4. The van der Waals surface area contributed by atoms with Gasteiger partial charge in [0.05, 0.1) is 28.1 Å². The topological polar surface area (TPSA) is 22.8 Å². The van der Waals surface area contributed by atoms with E-state index in [1.54, 1.807) is 0 Å². The minimum absolute atomic E-state index is 0.967. The van der Waals surface area contributed by atoms with Gasteiger partial charge in [-0.15, -0.1) is 0 Å². The predicted molar refractivity (Wildman–Crippen MR) is 207 cm³/mol. The molecule has 10 rings (SSSR count). The van der Waals surface area contributed by atoms with E-state index in [9.17, 15) is 0 Å². The molecule has 3 heterocycles. The Morgan fingerprint density at radius 3 is 1.62 bits per heavy atom. The van der Waals surface area contributed by atoms with Gasteiger partial charge < -0.3 is 9.13 Å². The first-order valence-electron chi connectivity index (χ1n) is 17.4. The van der Waals surface area contributed by atoms with Crippen LogP contribution in [0.25, 0.3) is 78.1 Å². The summed E-state index contributed by atoms with van der Waals surface area (Å²) in [7, 11) is 0. The molecule has 1 aliphatic carbocycles. The maximum absolute atomic E-state index is 5.14. The molecule has 50 heavy (non-hydrogen) atoms. The summed E-state index contributed by atoms with van der Waals surface area (Å²) in [5.74, 6) is 0. The number of benzene rings is 6. The van der Waals surface area contributed by atoms with Gasteiger partial charge in [-0.3, -0.25) is 0 Å². The van der Waals surface area contributed by atoms with Crippen LogP contribution in [0.5, 0.6) is 0 Å². The molecule has 0 atom stereocenters. The fraction of sp³-hybridized carbons (Fsp3) is 0.0426. The van der Waals surface area contributed by atoms with Crippen LogP contribution < -0.4 is 0 Å². The van der Waals surface area contributed by atoms with Crippen molar-refractivity contribution < 1.29 is 0 Å². The third-order valence-electron chi connectivity index (χ3n) is 10.2. The summed E-state index contributed by atoms with van der Waals surface area (Å²) in [6, 6.07) is 63.2. The maximum atomic E-state index is 5.14. The summed E-state index contributed by atoms with van der Waals surface area (Å²) in [5, 5.41) is 2.62. The van der Waals surface area contributed by atoms with Crippen molar-refractivity contribution in [1.29, 1.82) is 0 Å². The van der Waals surface area contributed by atoms with Gasteiger partial charge in [-0.25, -0.2) is 4.98 Å². The standard InChI is InChI=1S/C47H33N3/c1-4-15-32(16-5-1)41-30-35(31-42(48-41)33-17-6-2-7-18-33)34-19-14-22-37(29-34)50-43-25-12-10-23-38(43)39-27-28-45-46(47(39)50)40-24-11-13-26-44(40)49(45)36-20-8-3-9-21-36/h1-26,29-31H,27-28H2. The zero-order chi connectivity index (χ0) is 33.0. The number of nitrogens with zero attached hydrogens (tertiary/aromatic N) is 3. The van der Waals surface area contributed by atoms with Crippen LogP contribution >= 0.6 is 0 Å². The van der Waals surface area contributed by atoms with Crippen LogP contribution in [0.15, 0.2) is 176 Å². The summed E-state index contributed by atoms with van der Waals surface area (Å²) in [6.45, 7) is 0. The first-order chi connectivity index (χ1) is 24.8. The molecule has 0 fully saturated rings. The average molecular weight is 640 g/mol. The van der Waals surface area contributed by atoms with Crippen LogP contribution in [0.1, 0.15) is 11.3 Å². The Labute approximate surface area is 291 Å². The lowest BCUT2D eigenvalue weighted by Gasteiger charge is -2.20. The number of pyridine rings is 1. The highest BCUT2D eigenvalue weighted by atomic mass is 15.0. The molecule has 3 nitrogen and oxygen atoms in total. The highest BCUT2D eigenvalue weighted by Crippen LogP contribution is 2.47. The van der Waals surface area contributed by atoms with Crippen molar-refractivity contribution in [2.24, 2.45) is 0 Å². The van der Waals surface area contributed by atoms with Crippen LogP contribution in [0.4, 0.5) is 0 Å². The zero-order valence-corrected chi connectivity index (χ0v) is 27.5. The lowest BCUT2D eigenvalue weighted by atomic mass is 9.91. The van der Waals surface area contributed by atoms with Gasteiger partial charge in [0.2, 0.25) is 0 Å². The van der Waals surface area contributed by atoms with Gasteiger partial charge in [-0.05, 0) is 78.1 Å². The van der Waals surface area contributed by atoms with E-state index >= 15 is 0 Å². The van der Waals surface area contributed by atoms with E-state index < -0.39 is 0 Å². The van der Waals surface area contributed by atoms with E-state index in [2.05, 4.69) is 185 Å². The Morgan fingerprint density at radius 2 is 0.940 bits per heavy atom. The van der Waals surface area contributed by atoms with Gasteiger partial charge in [0.15, 0.2) is 0 Å². The second-order valence-corrected chi connectivity index (χ2v) is 13.1. The van der Waals surface area contributed by atoms with Crippen LogP contribution in [-0.2, 0) is 12.8 Å². The van der Waals surface area contributed by atoms with Gasteiger partial charge >= 0.3 is 0 Å². The van der Waals surface area contributed by atoms with E-state index in [1.807, 2.05) is 0 Å². The average Bonchev–Trinajstić information content (AvgIpc) is 3.72. The molecule has 0 saturated heterocycles. The van der Waals surface area contributed by atoms with Gasteiger partial charge in [0, 0.05) is 44.5 Å². The number of rotatable bonds is 5. The fourth-order valence-corrected chi connectivity index (χ4v) is 8.04. The van der Waals surface area contributed by atoms with E-state index in [0.29, 0.717) is 0 Å². The van der Waals surface area contributed by atoms with Crippen molar-refractivity contribution in [3.05, 3.63) is 187 Å². The molecule has 1 aliphatic rings. The summed E-state index contributed by atoms with van der Waals surface area (Å²) < 4.78 is 5.00. The monoisotopic (exact) mass is 639 g/mol. The van der Waals surface area contributed by atoms with E-state index in [4.69, 9.17) is 4.98 Å². The Hall–Kier alpha value is -6.45. The summed E-state index contributed by atoms with van der Waals surface area (Å²) in [4.78, 5) is 5.14. The van der Waals surface area contributed by atoms with Crippen molar-refractivity contribution in [2.75, 3.05) is 0 Å². The quantitative estimate of drug-likeness (QED) is 0.184. The third-order valence-corrected chi connectivity index (χ3v) is 10.2. The van der Waals surface area contributed by atoms with Crippen LogP contribution in [0.2, 0.25) is 0 Å². The van der Waals surface area contributed by atoms with Crippen molar-refractivity contribution in [1.82, 2.24) is 14.1 Å². The second kappa shape index (κ2) is 11.6. The zero-order valence-electron chi connectivity index (χ0n) is 27.5. The highest BCUT2D eigenvalue weighted by Gasteiger charge is 2.30. The number of hydrogen-bond acceptors (Lipinski definition) is 1. The molecule has 3 heteroatoms. The molecular weight excluding hydrogens is 607 g/mol. The van der Waals surface area contributed by atoms with E-state index in [0.717, 1.165) is 52.2 Å². The minimum Gasteiger partial charge on any atom is -0.313 e. The fourth-order valence-electron chi connectivity index (χ4n) is 8.04. The number of para-hydroxylation sites is 3. The Kier molecular flexibility index (Phi) is 6.63. The van der Waals surface area contributed by atoms with Gasteiger partial charge in [0.1, 0.15) is 0 Å². The molecule has 0 spiro atoms. The van der Waals surface area contributed by atoms with Crippen molar-refractivity contribution in [3.8, 4) is 56.3 Å². The normalized spacial score (nSPS) is 12.2. The molecule has 0 radical (unpaired) electrons. The number of aromatic nitrogens is 3. The molecule has 236 valence electrons. The number of hydrogen-bond donors (Lipinski definition) is 0. The highest BCUT2D eigenvalue weighted by molar-refractivity contribution is 6.05. The molecule has 0 saturated carbocycles. The molecule has 0 unspecified atom stereocenters. The Balaban J connectivity index is 1.21. The van der Waals surface area contributed by atoms with Crippen LogP contribution in [-0.4, -0.2) is 14.1 Å². The molecule has 0 N–H and O–H groups in total. The molecule has 0 bridgehead atoms. The van der Waals surface area contributed by atoms with Gasteiger partial charge in [0.25, 0.3) is 0 Å². The minimum atomic E-state index is 0.967. The molecule has 0 aliphatic heterocycles. The van der Waals surface area contributed by atoms with E-state index in [1.165, 1.54) is 50.0 Å². The summed E-state index contributed by atoms with van der Waals surface area (Å²) >= 11 is 0. The van der Waals surface area contributed by atoms with Crippen molar-refractivity contribution >= 4 is 21.8 Å². The van der Waals surface area contributed by atoms with Crippen molar-refractivity contribution in [3.63, 3.8) is 0 Å². The SMILES string of the molecule is c1ccc(-c2cc(-c3cccc(-n4c5c(c6ccccc64)CCc4c-5c5ccccc5n4-c4ccccc4)c3)cc(-c3ccccc3)n2)cc1. The second-order valence-electron chi connectivity index (χ2n) is 13.1. The lowest BCUT2D eigenvalue weighted by molar-refractivity contribution is 0.863. The molecule has 9 aromatic rings. The molecular formula is C47H33N3. The van der Waals surface area contributed by atoms with Crippen LogP contribution in [0, 0.1) is 0 Å². The number of fused-ring (bicyclic) bond motifs is 7. The van der Waals surface area contributed by atoms with Crippen molar-refractivity contribution in [2.45, 2.75) is 12.8 Å². The number of aryl methyl sites for hydroxylation is 1. The Bertz CT molecular complexity index is 2620. The first kappa shape index (κ1) is 28.6. The lowest BCUT2D eigenvalue weighted by Crippen LogP contribution is -2.09. The summed E-state index contributed by atoms with van der Waals surface area (Å²) in [5.41, 5.74) is 16.8. The van der Waals surface area contributed by atoms with Gasteiger partial charge in [-0.1, -0.05) is 127 Å². The molecule has 3 aromatic heterocycles. The third kappa shape index (κ3) is 4.55.